The summed E-state index contributed by atoms with van der Waals surface area (Å²) in [6.07, 6.45) is 2.76. The molecule has 0 N–H and O–H groups in total. The molecule has 2 aromatic heterocycles. The maximum Gasteiger partial charge on any atom is 0.247 e. The van der Waals surface area contributed by atoms with Crippen LogP contribution in [0.4, 0.5) is 0 Å². The number of thiophene rings is 1. The zero-order valence-corrected chi connectivity index (χ0v) is 16.5. The van der Waals surface area contributed by atoms with Crippen molar-refractivity contribution in [2.45, 2.75) is 45.6 Å². The molecule has 3 aromatic rings. The van der Waals surface area contributed by atoms with Crippen LogP contribution >= 0.6 is 11.3 Å². The molecule has 0 saturated heterocycles. The molecular weight excluding hydrogens is 358 g/mol. The number of benzene rings is 1. The number of aromatic nitrogens is 2. The van der Waals surface area contributed by atoms with Crippen LogP contribution < -0.4 is 0 Å². The first kappa shape index (κ1) is 17.9. The van der Waals surface area contributed by atoms with Crippen molar-refractivity contribution in [3.63, 3.8) is 0 Å². The number of carbonyl (C=O) groups excluding carboxylic acids is 1. The Bertz CT molecular complexity index is 929. The van der Waals surface area contributed by atoms with Gasteiger partial charge in [-0.1, -0.05) is 24.6 Å². The van der Waals surface area contributed by atoms with E-state index < -0.39 is 0 Å². The molecule has 6 heteroatoms. The lowest BCUT2D eigenvalue weighted by Gasteiger charge is -2.35. The van der Waals surface area contributed by atoms with Crippen molar-refractivity contribution in [1.82, 2.24) is 15.1 Å². The average molecular weight is 382 g/mol. The van der Waals surface area contributed by atoms with Crippen LogP contribution in [-0.4, -0.2) is 27.5 Å². The summed E-state index contributed by atoms with van der Waals surface area (Å²) in [5.74, 6) is 1.18. The van der Waals surface area contributed by atoms with E-state index in [9.17, 15) is 4.79 Å². The van der Waals surface area contributed by atoms with Gasteiger partial charge in [-0.25, -0.2) is 0 Å². The fourth-order valence-corrected chi connectivity index (χ4v) is 4.59. The summed E-state index contributed by atoms with van der Waals surface area (Å²) in [6, 6.07) is 10.3. The Labute approximate surface area is 163 Å². The van der Waals surface area contributed by atoms with Crippen molar-refractivity contribution < 1.29 is 9.21 Å². The summed E-state index contributed by atoms with van der Waals surface area (Å²) in [7, 11) is 0. The maximum atomic E-state index is 12.8. The SMILES string of the molecule is CC[C@H]1c2ccsc2CCN1C(=O)CCc1nnc(-c2ccc(C)cc2)o1. The number of hydrogen-bond acceptors (Lipinski definition) is 5. The first-order chi connectivity index (χ1) is 13.2. The van der Waals surface area contributed by atoms with Gasteiger partial charge in [0.15, 0.2) is 0 Å². The predicted molar refractivity (Wildman–Crippen MR) is 106 cm³/mol. The summed E-state index contributed by atoms with van der Waals surface area (Å²) in [4.78, 5) is 16.3. The van der Waals surface area contributed by atoms with Gasteiger partial charge in [0.05, 0.1) is 6.04 Å². The lowest BCUT2D eigenvalue weighted by molar-refractivity contribution is -0.134. The highest BCUT2D eigenvalue weighted by Gasteiger charge is 2.30. The largest absolute Gasteiger partial charge is 0.421 e. The highest BCUT2D eigenvalue weighted by Crippen LogP contribution is 2.35. The van der Waals surface area contributed by atoms with E-state index in [1.54, 1.807) is 11.3 Å². The molecule has 0 unspecified atom stereocenters. The van der Waals surface area contributed by atoms with Gasteiger partial charge in [-0.05, 0) is 48.9 Å². The van der Waals surface area contributed by atoms with Gasteiger partial charge < -0.3 is 9.32 Å². The van der Waals surface area contributed by atoms with E-state index in [0.717, 1.165) is 24.9 Å². The van der Waals surface area contributed by atoms with Crippen LogP contribution in [0.3, 0.4) is 0 Å². The molecular formula is C21H23N3O2S. The molecule has 1 aliphatic heterocycles. The highest BCUT2D eigenvalue weighted by atomic mass is 32.1. The van der Waals surface area contributed by atoms with E-state index in [0.29, 0.717) is 24.6 Å². The van der Waals surface area contributed by atoms with Gasteiger partial charge in [-0.2, -0.15) is 0 Å². The van der Waals surface area contributed by atoms with Crippen LogP contribution in [-0.2, 0) is 17.6 Å². The van der Waals surface area contributed by atoms with Crippen molar-refractivity contribution in [2.24, 2.45) is 0 Å². The van der Waals surface area contributed by atoms with Crippen LogP contribution in [0.15, 0.2) is 40.1 Å². The number of rotatable bonds is 5. The normalized spacial score (nSPS) is 16.4. The fraction of sp³-hybridized carbons (Fsp3) is 0.381. The Balaban J connectivity index is 1.40. The Morgan fingerprint density at radius 1 is 1.26 bits per heavy atom. The Kier molecular flexibility index (Phi) is 5.07. The van der Waals surface area contributed by atoms with Crippen LogP contribution in [0, 0.1) is 6.92 Å². The number of fused-ring (bicyclic) bond motifs is 1. The first-order valence-electron chi connectivity index (χ1n) is 9.41. The van der Waals surface area contributed by atoms with Gasteiger partial charge in [0, 0.05) is 29.8 Å². The number of nitrogens with zero attached hydrogens (tertiary/aromatic N) is 3. The Hall–Kier alpha value is -2.47. The van der Waals surface area contributed by atoms with Crippen molar-refractivity contribution in [3.05, 3.63) is 57.6 Å². The second kappa shape index (κ2) is 7.64. The average Bonchev–Trinajstić information content (AvgIpc) is 3.35. The summed E-state index contributed by atoms with van der Waals surface area (Å²) in [6.45, 7) is 4.98. The van der Waals surface area contributed by atoms with Crippen LogP contribution in [0.25, 0.3) is 11.5 Å². The lowest BCUT2D eigenvalue weighted by atomic mass is 9.97. The summed E-state index contributed by atoms with van der Waals surface area (Å²) in [5, 5.41) is 10.4. The summed E-state index contributed by atoms with van der Waals surface area (Å²) in [5.41, 5.74) is 3.41. The van der Waals surface area contributed by atoms with E-state index in [1.807, 2.05) is 36.1 Å². The van der Waals surface area contributed by atoms with Crippen LogP contribution in [0.1, 0.15) is 47.7 Å². The van der Waals surface area contributed by atoms with E-state index in [-0.39, 0.29) is 11.9 Å². The van der Waals surface area contributed by atoms with Crippen molar-refractivity contribution in [3.8, 4) is 11.5 Å². The van der Waals surface area contributed by atoms with E-state index in [2.05, 4.69) is 28.6 Å². The predicted octanol–water partition coefficient (Wildman–Crippen LogP) is 4.58. The molecule has 1 amide bonds. The monoisotopic (exact) mass is 381 g/mol. The number of aryl methyl sites for hydroxylation is 2. The summed E-state index contributed by atoms with van der Waals surface area (Å²) >= 11 is 1.80. The quantitative estimate of drug-likeness (QED) is 0.649. The van der Waals surface area contributed by atoms with E-state index in [4.69, 9.17) is 4.42 Å². The Morgan fingerprint density at radius 3 is 2.85 bits per heavy atom. The zero-order valence-electron chi connectivity index (χ0n) is 15.6. The minimum absolute atomic E-state index is 0.161. The molecule has 1 atom stereocenters. The molecule has 5 nitrogen and oxygen atoms in total. The molecule has 0 spiro atoms. The molecule has 0 saturated carbocycles. The number of hydrogen-bond donors (Lipinski definition) is 0. The van der Waals surface area contributed by atoms with Gasteiger partial charge in [-0.15, -0.1) is 21.5 Å². The van der Waals surface area contributed by atoms with Gasteiger partial charge >= 0.3 is 0 Å². The minimum atomic E-state index is 0.161. The smallest absolute Gasteiger partial charge is 0.247 e. The molecule has 1 aromatic carbocycles. The molecule has 4 rings (SSSR count). The number of carbonyl (C=O) groups is 1. The second-order valence-corrected chi connectivity index (χ2v) is 7.93. The standard InChI is InChI=1S/C21H23N3O2S/c1-3-17-16-11-13-27-18(16)10-12-24(17)20(25)9-8-19-22-23-21(26-19)15-6-4-14(2)5-7-15/h4-7,11,13,17H,3,8-10,12H2,1-2H3/t17-/m0/s1. The highest BCUT2D eigenvalue weighted by molar-refractivity contribution is 7.10. The Morgan fingerprint density at radius 2 is 2.07 bits per heavy atom. The molecule has 0 radical (unpaired) electrons. The maximum absolute atomic E-state index is 12.8. The van der Waals surface area contributed by atoms with Gasteiger partial charge in [0.25, 0.3) is 0 Å². The van der Waals surface area contributed by atoms with Gasteiger partial charge in [-0.3, -0.25) is 4.79 Å². The number of amides is 1. The van der Waals surface area contributed by atoms with Crippen molar-refractivity contribution in [1.29, 1.82) is 0 Å². The van der Waals surface area contributed by atoms with Crippen LogP contribution in [0.2, 0.25) is 0 Å². The topological polar surface area (TPSA) is 59.2 Å². The molecule has 1 aliphatic rings. The van der Waals surface area contributed by atoms with Crippen LogP contribution in [0.5, 0.6) is 0 Å². The molecule has 0 fully saturated rings. The lowest BCUT2D eigenvalue weighted by Crippen LogP contribution is -2.39. The molecule has 3 heterocycles. The molecule has 0 bridgehead atoms. The minimum Gasteiger partial charge on any atom is -0.421 e. The second-order valence-electron chi connectivity index (χ2n) is 6.93. The third-order valence-corrected chi connectivity index (χ3v) is 6.12. The van der Waals surface area contributed by atoms with Crippen molar-refractivity contribution >= 4 is 17.2 Å². The van der Waals surface area contributed by atoms with E-state index >= 15 is 0 Å². The first-order valence-corrected chi connectivity index (χ1v) is 10.3. The molecule has 0 aliphatic carbocycles. The third kappa shape index (κ3) is 3.67. The van der Waals surface area contributed by atoms with Gasteiger partial charge in [0.1, 0.15) is 0 Å². The van der Waals surface area contributed by atoms with Gasteiger partial charge in [0.2, 0.25) is 17.7 Å². The fourth-order valence-electron chi connectivity index (χ4n) is 3.66. The third-order valence-electron chi connectivity index (χ3n) is 5.12. The van der Waals surface area contributed by atoms with Crippen molar-refractivity contribution in [2.75, 3.05) is 6.54 Å². The summed E-state index contributed by atoms with van der Waals surface area (Å²) < 4.78 is 5.75. The molecule has 27 heavy (non-hydrogen) atoms. The molecule has 140 valence electrons. The zero-order chi connectivity index (χ0) is 18.8. The van der Waals surface area contributed by atoms with E-state index in [1.165, 1.54) is 16.0 Å².